The van der Waals surface area contributed by atoms with Gasteiger partial charge in [-0.25, -0.2) is 0 Å². The van der Waals surface area contributed by atoms with Crippen LogP contribution < -0.4 is 0 Å². The van der Waals surface area contributed by atoms with Crippen LogP contribution in [0, 0.1) is 13.8 Å². The number of hydrogen-bond donors (Lipinski definition) is 0. The Morgan fingerprint density at radius 3 is 2.73 bits per heavy atom. The minimum Gasteiger partial charge on any atom is -0.256 e. The van der Waals surface area contributed by atoms with Gasteiger partial charge in [0.25, 0.3) is 0 Å². The zero-order valence-electron chi connectivity index (χ0n) is 9.04. The summed E-state index contributed by atoms with van der Waals surface area (Å²) in [6, 6.07) is 8.76. The molecule has 1 heterocycles. The summed E-state index contributed by atoms with van der Waals surface area (Å²) < 4.78 is 0. The molecule has 1 nitrogen and oxygen atoms in total. The molecule has 0 bridgehead atoms. The molecule has 3 rings (SSSR count). The van der Waals surface area contributed by atoms with Crippen molar-refractivity contribution in [3.8, 4) is 11.3 Å². The monoisotopic (exact) mass is 195 g/mol. The second-order valence-corrected chi connectivity index (χ2v) is 4.28. The number of aromatic nitrogens is 1. The first kappa shape index (κ1) is 8.66. The number of pyridine rings is 1. The minimum atomic E-state index is 1.04. The maximum absolute atomic E-state index is 4.47. The van der Waals surface area contributed by atoms with Gasteiger partial charge in [-0.1, -0.05) is 12.1 Å². The summed E-state index contributed by atoms with van der Waals surface area (Å²) in [5.41, 5.74) is 8.02. The topological polar surface area (TPSA) is 12.9 Å². The molecule has 0 unspecified atom stereocenters. The number of aryl methyl sites for hydroxylation is 2. The van der Waals surface area contributed by atoms with Crippen LogP contribution in [0.15, 0.2) is 30.5 Å². The van der Waals surface area contributed by atoms with Crippen LogP contribution in [0.3, 0.4) is 0 Å². The molecule has 0 fully saturated rings. The van der Waals surface area contributed by atoms with Crippen molar-refractivity contribution < 1.29 is 0 Å². The number of hydrogen-bond acceptors (Lipinski definition) is 1. The molecule has 15 heavy (non-hydrogen) atoms. The van der Waals surface area contributed by atoms with E-state index in [0.717, 1.165) is 6.42 Å². The lowest BCUT2D eigenvalue weighted by Gasteiger charge is -2.04. The standard InChI is InChI=1S/C14H13N/c1-9-6-12-8-11-4-3-5-15-14(11)13(12)7-10(9)2/h3-7H,8H2,1-2H3. The van der Waals surface area contributed by atoms with Gasteiger partial charge in [0.05, 0.1) is 5.69 Å². The van der Waals surface area contributed by atoms with Gasteiger partial charge in [-0.05, 0) is 48.2 Å². The largest absolute Gasteiger partial charge is 0.256 e. The third-order valence-electron chi connectivity index (χ3n) is 3.25. The summed E-state index contributed by atoms with van der Waals surface area (Å²) in [4.78, 5) is 4.47. The normalized spacial score (nSPS) is 12.4. The lowest BCUT2D eigenvalue weighted by atomic mass is 10.0. The van der Waals surface area contributed by atoms with E-state index < -0.39 is 0 Å². The van der Waals surface area contributed by atoms with Crippen LogP contribution >= 0.6 is 0 Å². The van der Waals surface area contributed by atoms with Gasteiger partial charge in [0, 0.05) is 18.2 Å². The third kappa shape index (κ3) is 1.19. The van der Waals surface area contributed by atoms with Gasteiger partial charge < -0.3 is 0 Å². The van der Waals surface area contributed by atoms with Gasteiger partial charge in [-0.2, -0.15) is 0 Å². The first-order valence-electron chi connectivity index (χ1n) is 5.30. The van der Waals surface area contributed by atoms with Crippen LogP contribution in [-0.4, -0.2) is 4.98 Å². The Labute approximate surface area is 89.8 Å². The van der Waals surface area contributed by atoms with Crippen molar-refractivity contribution >= 4 is 0 Å². The number of rotatable bonds is 0. The minimum absolute atomic E-state index is 1.04. The first-order chi connectivity index (χ1) is 7.25. The number of fused-ring (bicyclic) bond motifs is 3. The molecule has 0 saturated carbocycles. The van der Waals surface area contributed by atoms with Crippen molar-refractivity contribution in [2.75, 3.05) is 0 Å². The fourth-order valence-corrected chi connectivity index (χ4v) is 2.27. The van der Waals surface area contributed by atoms with Crippen LogP contribution in [0.25, 0.3) is 11.3 Å². The third-order valence-corrected chi connectivity index (χ3v) is 3.25. The van der Waals surface area contributed by atoms with E-state index >= 15 is 0 Å². The summed E-state index contributed by atoms with van der Waals surface area (Å²) in [5.74, 6) is 0. The lowest BCUT2D eigenvalue weighted by Crippen LogP contribution is -1.86. The van der Waals surface area contributed by atoms with E-state index in [1.54, 1.807) is 0 Å². The van der Waals surface area contributed by atoms with Crippen molar-refractivity contribution in [3.05, 3.63) is 52.7 Å². The SMILES string of the molecule is Cc1cc2c(cc1C)-c1ncccc1C2. The molecule has 0 N–H and O–H groups in total. The van der Waals surface area contributed by atoms with Crippen LogP contribution in [0.1, 0.15) is 22.3 Å². The van der Waals surface area contributed by atoms with Gasteiger partial charge >= 0.3 is 0 Å². The van der Waals surface area contributed by atoms with Crippen molar-refractivity contribution in [2.24, 2.45) is 0 Å². The Kier molecular flexibility index (Phi) is 1.69. The van der Waals surface area contributed by atoms with E-state index in [4.69, 9.17) is 0 Å². The van der Waals surface area contributed by atoms with Crippen molar-refractivity contribution in [1.82, 2.24) is 4.98 Å². The molecule has 0 spiro atoms. The van der Waals surface area contributed by atoms with E-state index in [-0.39, 0.29) is 0 Å². The number of nitrogens with zero attached hydrogens (tertiary/aromatic N) is 1. The molecule has 0 atom stereocenters. The predicted molar refractivity (Wildman–Crippen MR) is 62.0 cm³/mol. The van der Waals surface area contributed by atoms with Gasteiger partial charge in [0.1, 0.15) is 0 Å². The van der Waals surface area contributed by atoms with E-state index in [0.29, 0.717) is 0 Å². The molecule has 0 amide bonds. The predicted octanol–water partition coefficient (Wildman–Crippen LogP) is 3.27. The molecule has 1 aromatic carbocycles. The fraction of sp³-hybridized carbons (Fsp3) is 0.214. The van der Waals surface area contributed by atoms with Gasteiger partial charge in [-0.15, -0.1) is 0 Å². The molecule has 0 aliphatic heterocycles. The Balaban J connectivity index is 2.29. The zero-order valence-corrected chi connectivity index (χ0v) is 9.04. The summed E-state index contributed by atoms with van der Waals surface area (Å²) in [5, 5.41) is 0. The smallest absolute Gasteiger partial charge is 0.0740 e. The second kappa shape index (κ2) is 2.93. The fourth-order valence-electron chi connectivity index (χ4n) is 2.27. The van der Waals surface area contributed by atoms with E-state index in [1.807, 2.05) is 12.3 Å². The van der Waals surface area contributed by atoms with Crippen molar-refractivity contribution in [2.45, 2.75) is 20.3 Å². The molecule has 1 aromatic heterocycles. The van der Waals surface area contributed by atoms with E-state index in [1.165, 1.54) is 33.5 Å². The Hall–Kier alpha value is -1.63. The summed E-state index contributed by atoms with van der Waals surface area (Å²) in [7, 11) is 0. The van der Waals surface area contributed by atoms with Crippen molar-refractivity contribution in [1.29, 1.82) is 0 Å². The quantitative estimate of drug-likeness (QED) is 0.536. The van der Waals surface area contributed by atoms with Crippen LogP contribution in [0.4, 0.5) is 0 Å². The van der Waals surface area contributed by atoms with Crippen molar-refractivity contribution in [3.63, 3.8) is 0 Å². The van der Waals surface area contributed by atoms with Gasteiger partial charge in [-0.3, -0.25) is 4.98 Å². The summed E-state index contributed by atoms with van der Waals surface area (Å²) >= 11 is 0. The Bertz CT molecular complexity index is 541. The molecule has 1 aliphatic rings. The Morgan fingerprint density at radius 1 is 1.07 bits per heavy atom. The molecule has 1 aliphatic carbocycles. The molecule has 74 valence electrons. The zero-order chi connectivity index (χ0) is 10.4. The molecule has 0 radical (unpaired) electrons. The second-order valence-electron chi connectivity index (χ2n) is 4.28. The van der Waals surface area contributed by atoms with Crippen LogP contribution in [0.2, 0.25) is 0 Å². The maximum Gasteiger partial charge on any atom is 0.0740 e. The lowest BCUT2D eigenvalue weighted by molar-refractivity contribution is 1.22. The highest BCUT2D eigenvalue weighted by atomic mass is 14.7. The highest BCUT2D eigenvalue weighted by Crippen LogP contribution is 2.36. The highest BCUT2D eigenvalue weighted by molar-refractivity contribution is 5.74. The molecule has 2 aromatic rings. The average molecular weight is 195 g/mol. The molecular weight excluding hydrogens is 182 g/mol. The molecular formula is C14H13N. The van der Waals surface area contributed by atoms with Crippen LogP contribution in [-0.2, 0) is 6.42 Å². The summed E-state index contributed by atoms with van der Waals surface area (Å²) in [6.07, 6.45) is 2.92. The summed E-state index contributed by atoms with van der Waals surface area (Å²) in [6.45, 7) is 4.34. The molecule has 1 heteroatoms. The first-order valence-corrected chi connectivity index (χ1v) is 5.30. The van der Waals surface area contributed by atoms with Gasteiger partial charge in [0.15, 0.2) is 0 Å². The van der Waals surface area contributed by atoms with E-state index in [9.17, 15) is 0 Å². The molecule has 0 saturated heterocycles. The van der Waals surface area contributed by atoms with Gasteiger partial charge in [0.2, 0.25) is 0 Å². The Morgan fingerprint density at radius 2 is 1.87 bits per heavy atom. The van der Waals surface area contributed by atoms with E-state index in [2.05, 4.69) is 37.0 Å². The van der Waals surface area contributed by atoms with Crippen LogP contribution in [0.5, 0.6) is 0 Å². The number of benzene rings is 1. The average Bonchev–Trinajstić information content (AvgIpc) is 2.57. The highest BCUT2D eigenvalue weighted by Gasteiger charge is 2.19. The maximum atomic E-state index is 4.47.